The highest BCUT2D eigenvalue weighted by molar-refractivity contribution is 9.10. The van der Waals surface area contributed by atoms with E-state index in [1.165, 1.54) is 11.8 Å². The maximum absolute atomic E-state index is 12.3. The van der Waals surface area contributed by atoms with Gasteiger partial charge >= 0.3 is 0 Å². The summed E-state index contributed by atoms with van der Waals surface area (Å²) in [6, 6.07) is 25.0. The van der Waals surface area contributed by atoms with Gasteiger partial charge in [-0.25, -0.2) is 0 Å². The van der Waals surface area contributed by atoms with Gasteiger partial charge in [0.15, 0.2) is 10.9 Å². The van der Waals surface area contributed by atoms with Crippen molar-refractivity contribution in [1.82, 2.24) is 0 Å². The third kappa shape index (κ3) is 6.20. The fourth-order valence-electron chi connectivity index (χ4n) is 2.35. The Kier molecular flexibility index (Phi) is 7.04. The number of thioether (sulfide) groups is 1. The maximum Gasteiger partial charge on any atom is 0.175 e. The van der Waals surface area contributed by atoms with Gasteiger partial charge in [-0.05, 0) is 54.7 Å². The molecule has 27 heavy (non-hydrogen) atoms. The summed E-state index contributed by atoms with van der Waals surface area (Å²) in [4.78, 5) is 13.3. The molecule has 0 radical (unpaired) electrons. The fourth-order valence-corrected chi connectivity index (χ4v) is 3.70. The van der Waals surface area contributed by atoms with Gasteiger partial charge < -0.3 is 10.6 Å². The minimum atomic E-state index is 0.104. The van der Waals surface area contributed by atoms with Crippen molar-refractivity contribution < 1.29 is 4.79 Å². The number of ketones is 1. The number of hydrogen-bond donors (Lipinski definition) is 2. The minimum absolute atomic E-state index is 0.104. The number of benzene rings is 3. The van der Waals surface area contributed by atoms with Gasteiger partial charge in [0.05, 0.1) is 5.75 Å². The first-order chi connectivity index (χ1) is 13.1. The van der Waals surface area contributed by atoms with E-state index in [0.717, 1.165) is 20.7 Å². The molecule has 3 aromatic rings. The SMILES string of the molecule is O=C(CSc1cccc(NC(=S)Nc2ccccc2)c1)c1ccc(Br)cc1. The summed E-state index contributed by atoms with van der Waals surface area (Å²) in [7, 11) is 0. The molecule has 0 saturated heterocycles. The molecule has 0 atom stereocenters. The summed E-state index contributed by atoms with van der Waals surface area (Å²) in [6.07, 6.45) is 0. The van der Waals surface area contributed by atoms with E-state index in [2.05, 4.69) is 26.6 Å². The summed E-state index contributed by atoms with van der Waals surface area (Å²) in [5.74, 6) is 0.491. The van der Waals surface area contributed by atoms with Crippen molar-refractivity contribution in [2.45, 2.75) is 4.90 Å². The van der Waals surface area contributed by atoms with Crippen LogP contribution in [0.3, 0.4) is 0 Å². The van der Waals surface area contributed by atoms with E-state index < -0.39 is 0 Å². The Morgan fingerprint density at radius 2 is 1.56 bits per heavy atom. The average molecular weight is 457 g/mol. The topological polar surface area (TPSA) is 41.1 Å². The van der Waals surface area contributed by atoms with Crippen LogP contribution in [0.2, 0.25) is 0 Å². The first-order valence-corrected chi connectivity index (χ1v) is 10.4. The number of halogens is 1. The highest BCUT2D eigenvalue weighted by atomic mass is 79.9. The van der Waals surface area contributed by atoms with E-state index in [1.54, 1.807) is 0 Å². The second-order valence-corrected chi connectivity index (χ2v) is 8.06. The van der Waals surface area contributed by atoms with Crippen molar-refractivity contribution in [3.8, 4) is 0 Å². The predicted molar refractivity (Wildman–Crippen MR) is 122 cm³/mol. The first-order valence-electron chi connectivity index (χ1n) is 8.25. The molecule has 0 aliphatic carbocycles. The smallest absolute Gasteiger partial charge is 0.175 e. The first kappa shape index (κ1) is 19.6. The molecule has 3 nitrogen and oxygen atoms in total. The largest absolute Gasteiger partial charge is 0.332 e. The van der Waals surface area contributed by atoms with Crippen LogP contribution in [0, 0.1) is 0 Å². The van der Waals surface area contributed by atoms with Crippen molar-refractivity contribution in [2.75, 3.05) is 16.4 Å². The van der Waals surface area contributed by atoms with Gasteiger partial charge in [-0.3, -0.25) is 4.79 Å². The van der Waals surface area contributed by atoms with E-state index in [0.29, 0.717) is 16.4 Å². The second-order valence-electron chi connectivity index (χ2n) is 5.69. The van der Waals surface area contributed by atoms with Crippen LogP contribution in [0.25, 0.3) is 0 Å². The van der Waals surface area contributed by atoms with Crippen molar-refractivity contribution in [1.29, 1.82) is 0 Å². The van der Waals surface area contributed by atoms with Crippen LogP contribution in [0.5, 0.6) is 0 Å². The van der Waals surface area contributed by atoms with E-state index >= 15 is 0 Å². The molecule has 0 fully saturated rings. The molecule has 3 rings (SSSR count). The van der Waals surface area contributed by atoms with Crippen LogP contribution in [-0.4, -0.2) is 16.6 Å². The molecule has 0 aliphatic rings. The third-order valence-corrected chi connectivity index (χ3v) is 5.39. The van der Waals surface area contributed by atoms with Crippen LogP contribution in [0.15, 0.2) is 88.2 Å². The number of carbonyl (C=O) groups excluding carboxylic acids is 1. The molecule has 0 heterocycles. The number of Topliss-reactive ketones (excluding diaryl/α,β-unsaturated/α-hetero) is 1. The Labute approximate surface area is 176 Å². The highest BCUT2D eigenvalue weighted by Gasteiger charge is 2.07. The Bertz CT molecular complexity index is 930. The zero-order valence-corrected chi connectivity index (χ0v) is 17.5. The monoisotopic (exact) mass is 456 g/mol. The lowest BCUT2D eigenvalue weighted by Crippen LogP contribution is -2.18. The van der Waals surface area contributed by atoms with Crippen LogP contribution < -0.4 is 10.6 Å². The number of para-hydroxylation sites is 1. The molecule has 3 aromatic carbocycles. The molecule has 0 saturated carbocycles. The van der Waals surface area contributed by atoms with Crippen molar-refractivity contribution >= 4 is 62.2 Å². The van der Waals surface area contributed by atoms with Gasteiger partial charge in [0.25, 0.3) is 0 Å². The van der Waals surface area contributed by atoms with Gasteiger partial charge in [0.1, 0.15) is 0 Å². The third-order valence-electron chi connectivity index (χ3n) is 3.66. The molecular weight excluding hydrogens is 440 g/mol. The Balaban J connectivity index is 1.56. The van der Waals surface area contributed by atoms with Crippen molar-refractivity contribution in [3.63, 3.8) is 0 Å². The molecule has 0 unspecified atom stereocenters. The van der Waals surface area contributed by atoms with Crippen LogP contribution in [-0.2, 0) is 0 Å². The second kappa shape index (κ2) is 9.69. The molecule has 0 aromatic heterocycles. The zero-order chi connectivity index (χ0) is 19.1. The predicted octanol–water partition coefficient (Wildman–Crippen LogP) is 6.23. The number of carbonyl (C=O) groups is 1. The van der Waals surface area contributed by atoms with Gasteiger partial charge in [-0.2, -0.15) is 0 Å². The lowest BCUT2D eigenvalue weighted by atomic mass is 10.2. The summed E-state index contributed by atoms with van der Waals surface area (Å²) in [5, 5.41) is 6.84. The zero-order valence-electron chi connectivity index (χ0n) is 14.3. The lowest BCUT2D eigenvalue weighted by Gasteiger charge is -2.11. The van der Waals surface area contributed by atoms with Crippen LogP contribution in [0.4, 0.5) is 11.4 Å². The van der Waals surface area contributed by atoms with E-state index in [-0.39, 0.29) is 5.78 Å². The summed E-state index contributed by atoms with van der Waals surface area (Å²) in [5.41, 5.74) is 2.53. The fraction of sp³-hybridized carbons (Fsp3) is 0.0476. The van der Waals surface area contributed by atoms with Gasteiger partial charge in [0.2, 0.25) is 0 Å². The standard InChI is InChI=1S/C21H17BrN2OS2/c22-16-11-9-15(10-12-16)20(25)14-27-19-8-4-7-18(13-19)24-21(26)23-17-5-2-1-3-6-17/h1-13H,14H2,(H2,23,24,26). The van der Waals surface area contributed by atoms with Gasteiger partial charge in [0, 0.05) is 26.3 Å². The minimum Gasteiger partial charge on any atom is -0.332 e. The molecule has 0 aliphatic heterocycles. The molecule has 0 bridgehead atoms. The van der Waals surface area contributed by atoms with E-state index in [4.69, 9.17) is 12.2 Å². The quantitative estimate of drug-likeness (QED) is 0.261. The van der Waals surface area contributed by atoms with Crippen LogP contribution in [0.1, 0.15) is 10.4 Å². The maximum atomic E-state index is 12.3. The van der Waals surface area contributed by atoms with E-state index in [1.807, 2.05) is 78.9 Å². The van der Waals surface area contributed by atoms with E-state index in [9.17, 15) is 4.79 Å². The molecule has 2 N–H and O–H groups in total. The molecule has 6 heteroatoms. The molecule has 136 valence electrons. The number of anilines is 2. The molecule has 0 amide bonds. The Hall–Kier alpha value is -2.15. The molecule has 0 spiro atoms. The summed E-state index contributed by atoms with van der Waals surface area (Å²) in [6.45, 7) is 0. The van der Waals surface area contributed by atoms with Gasteiger partial charge in [-0.1, -0.05) is 52.3 Å². The Morgan fingerprint density at radius 3 is 2.30 bits per heavy atom. The number of rotatable bonds is 6. The number of nitrogens with one attached hydrogen (secondary N) is 2. The van der Waals surface area contributed by atoms with Crippen LogP contribution >= 0.6 is 39.9 Å². The highest BCUT2D eigenvalue weighted by Crippen LogP contribution is 2.23. The number of thiocarbonyl (C=S) groups is 1. The Morgan fingerprint density at radius 1 is 0.889 bits per heavy atom. The number of hydrogen-bond acceptors (Lipinski definition) is 3. The van der Waals surface area contributed by atoms with Crippen molar-refractivity contribution in [3.05, 3.63) is 88.9 Å². The molecular formula is C21H17BrN2OS2. The van der Waals surface area contributed by atoms with Gasteiger partial charge in [-0.15, -0.1) is 11.8 Å². The average Bonchev–Trinajstić information content (AvgIpc) is 2.67. The summed E-state index contributed by atoms with van der Waals surface area (Å²) >= 11 is 10.2. The lowest BCUT2D eigenvalue weighted by molar-refractivity contribution is 0.102. The summed E-state index contributed by atoms with van der Waals surface area (Å²) < 4.78 is 0.963. The normalized spacial score (nSPS) is 10.3. The van der Waals surface area contributed by atoms with Crippen molar-refractivity contribution in [2.24, 2.45) is 0 Å².